The summed E-state index contributed by atoms with van der Waals surface area (Å²) in [4.78, 5) is 45.9. The number of methoxy groups -OCH3 is 1. The number of nitrogens with zero attached hydrogens (tertiary/aromatic N) is 7. The Morgan fingerprint density at radius 3 is 2.49 bits per heavy atom. The maximum Gasteiger partial charge on any atom is 0.439 e. The first-order chi connectivity index (χ1) is 20.7. The lowest BCUT2D eigenvalue weighted by molar-refractivity contribution is -0.136. The summed E-state index contributed by atoms with van der Waals surface area (Å²) < 4.78 is 12.2. The molecule has 4 aromatic heterocycles. The highest BCUT2D eigenvalue weighted by atomic mass is 35.5. The third-order valence-electron chi connectivity index (χ3n) is 8.71. The molecule has 0 bridgehead atoms. The maximum atomic E-state index is 12.7. The largest absolute Gasteiger partial charge is 0.439 e. The smallest absolute Gasteiger partial charge is 0.375 e. The topological polar surface area (TPSA) is 135 Å². The number of hydrogen-bond acceptors (Lipinski definition) is 9. The van der Waals surface area contributed by atoms with Gasteiger partial charge in [-0.3, -0.25) is 19.3 Å². The second-order valence-electron chi connectivity index (χ2n) is 12.0. The van der Waals surface area contributed by atoms with E-state index in [1.165, 1.54) is 12.8 Å². The SMILES string of the molecule is COCC(=O)N1C[C@H](C)N(c2nc3cc(-c4noc(=O)[nH]4)nc(-c4cncc(Cl)c4)c3n2CC2CCC(C)CC2)[C@@H](C)C1. The van der Waals surface area contributed by atoms with E-state index >= 15 is 0 Å². The Labute approximate surface area is 254 Å². The summed E-state index contributed by atoms with van der Waals surface area (Å²) in [6, 6.07) is 3.67. The molecule has 2 fully saturated rings. The fourth-order valence-corrected chi connectivity index (χ4v) is 6.80. The van der Waals surface area contributed by atoms with E-state index in [0.29, 0.717) is 40.9 Å². The van der Waals surface area contributed by atoms with Crippen molar-refractivity contribution in [2.75, 3.05) is 31.7 Å². The molecule has 43 heavy (non-hydrogen) atoms. The minimum atomic E-state index is -0.663. The van der Waals surface area contributed by atoms with Gasteiger partial charge in [0.1, 0.15) is 12.3 Å². The van der Waals surface area contributed by atoms with Crippen molar-refractivity contribution in [3.8, 4) is 22.8 Å². The Balaban J connectivity index is 1.53. The number of carbonyl (C=O) groups excluding carboxylic acids is 1. The van der Waals surface area contributed by atoms with Crippen LogP contribution in [0.15, 0.2) is 33.8 Å². The molecule has 2 atom stereocenters. The number of carbonyl (C=O) groups is 1. The molecule has 1 N–H and O–H groups in total. The highest BCUT2D eigenvalue weighted by molar-refractivity contribution is 6.30. The van der Waals surface area contributed by atoms with Crippen LogP contribution in [0.2, 0.25) is 5.02 Å². The summed E-state index contributed by atoms with van der Waals surface area (Å²) in [5.74, 6) is 1.58. The monoisotopic (exact) mass is 608 g/mol. The van der Waals surface area contributed by atoms with Gasteiger partial charge in [-0.15, -0.1) is 0 Å². The van der Waals surface area contributed by atoms with Crippen molar-refractivity contribution in [3.05, 3.63) is 40.1 Å². The molecule has 13 heteroatoms. The molecule has 1 amide bonds. The Morgan fingerprint density at radius 2 is 1.84 bits per heavy atom. The van der Waals surface area contributed by atoms with Crippen molar-refractivity contribution in [1.82, 2.24) is 34.6 Å². The average molecular weight is 609 g/mol. The highest BCUT2D eigenvalue weighted by Gasteiger charge is 2.36. The van der Waals surface area contributed by atoms with Crippen molar-refractivity contribution in [2.45, 2.75) is 65.1 Å². The summed E-state index contributed by atoms with van der Waals surface area (Å²) in [5, 5.41) is 4.37. The second kappa shape index (κ2) is 12.1. The number of amides is 1. The number of halogens is 1. The molecule has 4 aromatic rings. The normalized spacial score (nSPS) is 22.8. The molecule has 0 spiro atoms. The van der Waals surface area contributed by atoms with Gasteiger partial charge in [0, 0.05) is 56.8 Å². The Kier molecular flexibility index (Phi) is 8.23. The van der Waals surface area contributed by atoms with Gasteiger partial charge in [-0.2, -0.15) is 0 Å². The van der Waals surface area contributed by atoms with Gasteiger partial charge in [-0.05, 0) is 50.7 Å². The van der Waals surface area contributed by atoms with Crippen molar-refractivity contribution >= 4 is 34.5 Å². The fraction of sp³-hybridized carbons (Fsp3) is 0.533. The Bertz CT molecular complexity index is 1660. The average Bonchev–Trinajstić information content (AvgIpc) is 3.57. The van der Waals surface area contributed by atoms with Crippen LogP contribution >= 0.6 is 11.6 Å². The summed E-state index contributed by atoms with van der Waals surface area (Å²) in [7, 11) is 1.54. The van der Waals surface area contributed by atoms with Crippen molar-refractivity contribution in [1.29, 1.82) is 0 Å². The van der Waals surface area contributed by atoms with Gasteiger partial charge in [0.15, 0.2) is 0 Å². The van der Waals surface area contributed by atoms with Crippen LogP contribution in [0.25, 0.3) is 33.8 Å². The highest BCUT2D eigenvalue weighted by Crippen LogP contribution is 2.38. The number of nitrogens with one attached hydrogen (secondary N) is 1. The number of anilines is 1. The number of aromatic nitrogens is 6. The lowest BCUT2D eigenvalue weighted by Gasteiger charge is -2.45. The lowest BCUT2D eigenvalue weighted by Crippen LogP contribution is -2.59. The molecule has 2 aliphatic rings. The summed E-state index contributed by atoms with van der Waals surface area (Å²) in [6.07, 6.45) is 8.00. The van der Waals surface area contributed by atoms with Crippen LogP contribution in [0.5, 0.6) is 0 Å². The molecule has 5 heterocycles. The number of hydrogen-bond donors (Lipinski definition) is 1. The molecule has 0 unspecified atom stereocenters. The zero-order chi connectivity index (χ0) is 30.2. The first-order valence-electron chi connectivity index (χ1n) is 14.9. The third-order valence-corrected chi connectivity index (χ3v) is 8.92. The molecule has 0 radical (unpaired) electrons. The number of H-pyrrole nitrogens is 1. The maximum absolute atomic E-state index is 12.7. The van der Waals surface area contributed by atoms with E-state index in [2.05, 4.69) is 45.4 Å². The zero-order valence-electron chi connectivity index (χ0n) is 24.9. The molecule has 1 saturated heterocycles. The molecule has 1 aliphatic carbocycles. The van der Waals surface area contributed by atoms with Gasteiger partial charge >= 0.3 is 5.76 Å². The van der Waals surface area contributed by atoms with Crippen LogP contribution in [0.3, 0.4) is 0 Å². The summed E-state index contributed by atoms with van der Waals surface area (Å²) in [5.41, 5.74) is 3.37. The van der Waals surface area contributed by atoms with Crippen molar-refractivity contribution in [3.63, 3.8) is 0 Å². The van der Waals surface area contributed by atoms with E-state index in [4.69, 9.17) is 30.8 Å². The van der Waals surface area contributed by atoms with Crippen LogP contribution in [-0.4, -0.2) is 79.4 Å². The van der Waals surface area contributed by atoms with Crippen LogP contribution in [0.4, 0.5) is 5.95 Å². The van der Waals surface area contributed by atoms with E-state index in [0.717, 1.165) is 42.3 Å². The van der Waals surface area contributed by atoms with Crippen molar-refractivity contribution < 1.29 is 14.1 Å². The summed E-state index contributed by atoms with van der Waals surface area (Å²) >= 11 is 6.41. The van der Waals surface area contributed by atoms with E-state index in [9.17, 15) is 9.59 Å². The minimum absolute atomic E-state index is 0.00195. The number of aromatic amines is 1. The van der Waals surface area contributed by atoms with Gasteiger partial charge < -0.3 is 19.1 Å². The second-order valence-corrected chi connectivity index (χ2v) is 12.5. The minimum Gasteiger partial charge on any atom is -0.375 e. The predicted octanol–water partition coefficient (Wildman–Crippen LogP) is 4.39. The standard InChI is InChI=1S/C30H37ClN8O4/c1-17-5-7-20(8-6-17)15-38-27-23(34-29(38)39-18(2)13-37(14-19(39)3)25(40)16-42-4)10-24(28-35-30(41)43-36-28)33-26(27)21-9-22(31)12-32-11-21/h9-12,17-20H,5-8,13-16H2,1-4H3,(H,35,36,41)/t17?,18-,19-,20?/m0/s1. The Hall–Kier alpha value is -3.77. The van der Waals surface area contributed by atoms with Crippen molar-refractivity contribution in [2.24, 2.45) is 11.8 Å². The number of ether oxygens (including phenoxy) is 1. The molecule has 228 valence electrons. The van der Waals surface area contributed by atoms with Crippen LogP contribution < -0.4 is 10.7 Å². The van der Waals surface area contributed by atoms with E-state index in [-0.39, 0.29) is 30.4 Å². The van der Waals surface area contributed by atoms with Gasteiger partial charge in [-0.25, -0.2) is 14.8 Å². The number of rotatable bonds is 7. The van der Waals surface area contributed by atoms with Crippen LogP contribution in [0, 0.1) is 11.8 Å². The van der Waals surface area contributed by atoms with E-state index in [1.54, 1.807) is 19.5 Å². The molecule has 0 aromatic carbocycles. The zero-order valence-corrected chi connectivity index (χ0v) is 25.7. The van der Waals surface area contributed by atoms with E-state index < -0.39 is 5.76 Å². The molecule has 6 rings (SSSR count). The van der Waals surface area contributed by atoms with Gasteiger partial charge in [0.25, 0.3) is 0 Å². The Morgan fingerprint density at radius 1 is 1.09 bits per heavy atom. The number of fused-ring (bicyclic) bond motifs is 1. The number of pyridine rings is 2. The molecular formula is C30H37ClN8O4. The van der Waals surface area contributed by atoms with Gasteiger partial charge in [-0.1, -0.05) is 36.5 Å². The lowest BCUT2D eigenvalue weighted by atomic mass is 9.83. The first kappa shape index (κ1) is 29.3. The summed E-state index contributed by atoms with van der Waals surface area (Å²) in [6.45, 7) is 8.54. The molecule has 1 saturated carbocycles. The van der Waals surface area contributed by atoms with Gasteiger partial charge in [0.2, 0.25) is 17.7 Å². The predicted molar refractivity (Wildman–Crippen MR) is 163 cm³/mol. The first-order valence-corrected chi connectivity index (χ1v) is 15.2. The molecular weight excluding hydrogens is 572 g/mol. The number of imidazole rings is 1. The van der Waals surface area contributed by atoms with E-state index in [1.807, 2.05) is 17.0 Å². The molecule has 12 nitrogen and oxygen atoms in total. The third kappa shape index (κ3) is 5.90. The van der Waals surface area contributed by atoms with Crippen LogP contribution in [-0.2, 0) is 16.1 Å². The van der Waals surface area contributed by atoms with Crippen LogP contribution in [0.1, 0.15) is 46.5 Å². The van der Waals surface area contributed by atoms with Gasteiger partial charge in [0.05, 0.1) is 21.7 Å². The fourth-order valence-electron chi connectivity index (χ4n) is 6.62. The number of piperazine rings is 1. The molecule has 1 aliphatic heterocycles. The quantitative estimate of drug-likeness (QED) is 0.324.